The Balaban J connectivity index is 1.78. The first-order chi connectivity index (χ1) is 15.6. The van der Waals surface area contributed by atoms with Gasteiger partial charge in [0.1, 0.15) is 10.7 Å². The highest BCUT2D eigenvalue weighted by molar-refractivity contribution is 7.17. The summed E-state index contributed by atoms with van der Waals surface area (Å²) in [6.45, 7) is 2.54. The molecule has 0 spiro atoms. The van der Waals surface area contributed by atoms with E-state index in [0.717, 1.165) is 27.9 Å². The van der Waals surface area contributed by atoms with Crippen LogP contribution < -0.4 is 5.56 Å². The molecular formula is C26H26N2O3S. The van der Waals surface area contributed by atoms with Gasteiger partial charge in [0.2, 0.25) is 0 Å². The number of carbonyl (C=O) groups excluding carboxylic acids is 1. The molecule has 0 fully saturated rings. The number of carbonyl (C=O) groups is 1. The fourth-order valence-electron chi connectivity index (χ4n) is 3.83. The van der Waals surface area contributed by atoms with Gasteiger partial charge in [0.05, 0.1) is 12.5 Å². The smallest absolute Gasteiger partial charge is 0.305 e. The van der Waals surface area contributed by atoms with Gasteiger partial charge in [0.15, 0.2) is 0 Å². The summed E-state index contributed by atoms with van der Waals surface area (Å²) in [5.74, 6) is 0.442. The second kappa shape index (κ2) is 9.92. The average molecular weight is 447 g/mol. The molecule has 32 heavy (non-hydrogen) atoms. The van der Waals surface area contributed by atoms with Gasteiger partial charge in [-0.25, -0.2) is 4.98 Å². The number of methoxy groups -OCH3 is 1. The highest BCUT2D eigenvalue weighted by Crippen LogP contribution is 2.31. The first-order valence-electron chi connectivity index (χ1n) is 10.8. The second-order valence-corrected chi connectivity index (χ2v) is 8.56. The van der Waals surface area contributed by atoms with Crippen molar-refractivity contribution in [3.8, 4) is 11.1 Å². The van der Waals surface area contributed by atoms with Crippen LogP contribution in [-0.4, -0.2) is 22.6 Å². The topological polar surface area (TPSA) is 61.2 Å². The minimum Gasteiger partial charge on any atom is -0.469 e. The zero-order valence-electron chi connectivity index (χ0n) is 18.3. The minimum atomic E-state index is -0.274. The van der Waals surface area contributed by atoms with Crippen LogP contribution in [-0.2, 0) is 28.9 Å². The van der Waals surface area contributed by atoms with Crippen LogP contribution in [0.4, 0.5) is 0 Å². The van der Waals surface area contributed by atoms with E-state index in [2.05, 4.69) is 31.2 Å². The summed E-state index contributed by atoms with van der Waals surface area (Å²) >= 11 is 1.50. The standard InChI is InChI=1S/C26H26N2O3S/c1-3-18-11-13-20(14-12-18)21-17-32-25-24(21)26(30)28(15-7-10-23(29)31-2)22(27-25)16-19-8-5-4-6-9-19/h4-6,8-9,11-14,17H,3,7,10,15-16H2,1-2H3. The van der Waals surface area contributed by atoms with E-state index in [-0.39, 0.29) is 17.9 Å². The molecule has 0 radical (unpaired) electrons. The summed E-state index contributed by atoms with van der Waals surface area (Å²) in [6.07, 6.45) is 2.32. The van der Waals surface area contributed by atoms with Crippen molar-refractivity contribution in [2.24, 2.45) is 0 Å². The van der Waals surface area contributed by atoms with Crippen molar-refractivity contribution in [2.45, 2.75) is 39.2 Å². The number of hydrogen-bond donors (Lipinski definition) is 0. The van der Waals surface area contributed by atoms with Crippen molar-refractivity contribution < 1.29 is 9.53 Å². The molecule has 4 rings (SSSR count). The number of fused-ring (bicyclic) bond motifs is 1. The van der Waals surface area contributed by atoms with Gasteiger partial charge >= 0.3 is 5.97 Å². The highest BCUT2D eigenvalue weighted by atomic mass is 32.1. The van der Waals surface area contributed by atoms with E-state index in [1.54, 1.807) is 4.57 Å². The van der Waals surface area contributed by atoms with Crippen LogP contribution in [0.1, 0.15) is 36.7 Å². The Hall–Kier alpha value is -3.25. The summed E-state index contributed by atoms with van der Waals surface area (Å²) in [6, 6.07) is 18.3. The molecule has 0 N–H and O–H groups in total. The van der Waals surface area contributed by atoms with Gasteiger partial charge in [0.25, 0.3) is 5.56 Å². The predicted octanol–water partition coefficient (Wildman–Crippen LogP) is 5.23. The summed E-state index contributed by atoms with van der Waals surface area (Å²) < 4.78 is 6.49. The molecule has 0 atom stereocenters. The van der Waals surface area contributed by atoms with Gasteiger partial charge in [-0.2, -0.15) is 0 Å². The lowest BCUT2D eigenvalue weighted by Crippen LogP contribution is -2.26. The third-order valence-electron chi connectivity index (χ3n) is 5.64. The van der Waals surface area contributed by atoms with Crippen molar-refractivity contribution in [2.75, 3.05) is 7.11 Å². The van der Waals surface area contributed by atoms with Gasteiger partial charge in [-0.3, -0.25) is 14.2 Å². The van der Waals surface area contributed by atoms with Gasteiger partial charge < -0.3 is 4.74 Å². The van der Waals surface area contributed by atoms with Crippen LogP contribution in [0.3, 0.4) is 0 Å². The SMILES string of the molecule is CCc1ccc(-c2csc3nc(Cc4ccccc4)n(CCCC(=O)OC)c(=O)c23)cc1. The van der Waals surface area contributed by atoms with E-state index < -0.39 is 0 Å². The summed E-state index contributed by atoms with van der Waals surface area (Å²) in [5.41, 5.74) is 4.23. The Morgan fingerprint density at radius 1 is 1.06 bits per heavy atom. The van der Waals surface area contributed by atoms with Crippen LogP contribution in [0.5, 0.6) is 0 Å². The zero-order valence-corrected chi connectivity index (χ0v) is 19.2. The van der Waals surface area contributed by atoms with Crippen LogP contribution in [0.2, 0.25) is 0 Å². The Morgan fingerprint density at radius 3 is 2.50 bits per heavy atom. The Labute approximate surface area is 191 Å². The largest absolute Gasteiger partial charge is 0.469 e. The first-order valence-corrected chi connectivity index (χ1v) is 11.7. The number of aromatic nitrogens is 2. The van der Waals surface area contributed by atoms with Gasteiger partial charge in [0, 0.05) is 30.3 Å². The fourth-order valence-corrected chi connectivity index (χ4v) is 4.78. The molecule has 0 amide bonds. The molecular weight excluding hydrogens is 420 g/mol. The zero-order chi connectivity index (χ0) is 22.5. The number of nitrogens with zero attached hydrogens (tertiary/aromatic N) is 2. The number of benzene rings is 2. The van der Waals surface area contributed by atoms with Crippen molar-refractivity contribution in [3.05, 3.63) is 87.3 Å². The van der Waals surface area contributed by atoms with Gasteiger partial charge in [-0.05, 0) is 29.5 Å². The molecule has 0 aliphatic rings. The van der Waals surface area contributed by atoms with Crippen molar-refractivity contribution >= 4 is 27.5 Å². The number of ether oxygens (including phenoxy) is 1. The lowest BCUT2D eigenvalue weighted by atomic mass is 10.0. The number of rotatable bonds is 8. The number of hydrogen-bond acceptors (Lipinski definition) is 5. The molecule has 6 heteroatoms. The lowest BCUT2D eigenvalue weighted by molar-refractivity contribution is -0.140. The van der Waals surface area contributed by atoms with E-state index in [9.17, 15) is 9.59 Å². The molecule has 0 saturated carbocycles. The monoisotopic (exact) mass is 446 g/mol. The van der Waals surface area contributed by atoms with Crippen molar-refractivity contribution in [1.82, 2.24) is 9.55 Å². The van der Waals surface area contributed by atoms with Crippen LogP contribution in [0.25, 0.3) is 21.3 Å². The van der Waals surface area contributed by atoms with Crippen molar-refractivity contribution in [1.29, 1.82) is 0 Å². The van der Waals surface area contributed by atoms with Crippen LogP contribution in [0, 0.1) is 0 Å². The average Bonchev–Trinajstić information content (AvgIpc) is 3.25. The Morgan fingerprint density at radius 2 is 1.81 bits per heavy atom. The third-order valence-corrected chi connectivity index (χ3v) is 6.51. The molecule has 0 aliphatic carbocycles. The van der Waals surface area contributed by atoms with E-state index in [4.69, 9.17) is 9.72 Å². The third kappa shape index (κ3) is 4.65. The molecule has 2 heterocycles. The second-order valence-electron chi connectivity index (χ2n) is 7.71. The summed E-state index contributed by atoms with van der Waals surface area (Å²) in [4.78, 5) is 30.9. The molecule has 2 aromatic carbocycles. The lowest BCUT2D eigenvalue weighted by Gasteiger charge is -2.13. The minimum absolute atomic E-state index is 0.0541. The predicted molar refractivity (Wildman–Crippen MR) is 129 cm³/mol. The normalized spacial score (nSPS) is 11.1. The molecule has 5 nitrogen and oxygen atoms in total. The Kier molecular flexibility index (Phi) is 6.81. The number of esters is 1. The molecule has 164 valence electrons. The quantitative estimate of drug-likeness (QED) is 0.348. The molecule has 0 unspecified atom stereocenters. The van der Waals surface area contributed by atoms with Gasteiger partial charge in [-0.1, -0.05) is 61.5 Å². The van der Waals surface area contributed by atoms with E-state index in [1.165, 1.54) is 24.0 Å². The number of aryl methyl sites for hydroxylation is 1. The maximum absolute atomic E-state index is 13.7. The summed E-state index contributed by atoms with van der Waals surface area (Å²) in [7, 11) is 1.38. The molecule has 4 aromatic rings. The first kappa shape index (κ1) is 22.0. The van der Waals surface area contributed by atoms with E-state index in [0.29, 0.717) is 30.6 Å². The fraction of sp³-hybridized carbons (Fsp3) is 0.269. The molecule has 0 bridgehead atoms. The molecule has 0 saturated heterocycles. The van der Waals surface area contributed by atoms with E-state index >= 15 is 0 Å². The maximum atomic E-state index is 13.7. The number of thiophene rings is 1. The molecule has 2 aromatic heterocycles. The van der Waals surface area contributed by atoms with Crippen molar-refractivity contribution in [3.63, 3.8) is 0 Å². The highest BCUT2D eigenvalue weighted by Gasteiger charge is 2.17. The van der Waals surface area contributed by atoms with Gasteiger partial charge in [-0.15, -0.1) is 11.3 Å². The molecule has 0 aliphatic heterocycles. The van der Waals surface area contributed by atoms with E-state index in [1.807, 2.05) is 35.7 Å². The summed E-state index contributed by atoms with van der Waals surface area (Å²) in [5, 5.41) is 2.67. The van der Waals surface area contributed by atoms with Crippen LogP contribution >= 0.6 is 11.3 Å². The maximum Gasteiger partial charge on any atom is 0.305 e. The Bertz CT molecular complexity index is 1270. The van der Waals surface area contributed by atoms with Crippen LogP contribution in [0.15, 0.2) is 64.8 Å².